The molecule has 1 fully saturated rings. The highest BCUT2D eigenvalue weighted by Gasteiger charge is 2.17. The molecule has 2 N–H and O–H groups in total. The van der Waals surface area contributed by atoms with Gasteiger partial charge in [-0.25, -0.2) is 0 Å². The summed E-state index contributed by atoms with van der Waals surface area (Å²) in [5, 5.41) is 0. The van der Waals surface area contributed by atoms with Crippen molar-refractivity contribution >= 4 is 11.4 Å². The van der Waals surface area contributed by atoms with Crippen LogP contribution in [0.25, 0.3) is 0 Å². The first kappa shape index (κ1) is 12.3. The SMILES string of the molecule is CCN(CC1CCCCC1)c1ccccc1N. The monoisotopic (exact) mass is 232 g/mol. The van der Waals surface area contributed by atoms with E-state index in [0.717, 1.165) is 18.2 Å². The second-order valence-electron chi connectivity index (χ2n) is 5.10. The van der Waals surface area contributed by atoms with E-state index in [-0.39, 0.29) is 0 Å². The maximum absolute atomic E-state index is 6.06. The summed E-state index contributed by atoms with van der Waals surface area (Å²) in [6.07, 6.45) is 7.03. The van der Waals surface area contributed by atoms with E-state index in [1.54, 1.807) is 0 Å². The summed E-state index contributed by atoms with van der Waals surface area (Å²) in [6, 6.07) is 8.23. The minimum Gasteiger partial charge on any atom is -0.397 e. The first-order valence-electron chi connectivity index (χ1n) is 6.90. The molecular formula is C15H24N2. The van der Waals surface area contributed by atoms with Crippen LogP contribution in [0.2, 0.25) is 0 Å². The van der Waals surface area contributed by atoms with Crippen LogP contribution in [0, 0.1) is 5.92 Å². The van der Waals surface area contributed by atoms with Gasteiger partial charge in [0.15, 0.2) is 0 Å². The van der Waals surface area contributed by atoms with Crippen molar-refractivity contribution in [2.24, 2.45) is 5.92 Å². The van der Waals surface area contributed by atoms with Crippen LogP contribution in [0.5, 0.6) is 0 Å². The Kier molecular flexibility index (Phi) is 4.29. The van der Waals surface area contributed by atoms with Gasteiger partial charge in [-0.3, -0.25) is 0 Å². The molecule has 2 nitrogen and oxygen atoms in total. The predicted molar refractivity (Wildman–Crippen MR) is 75.3 cm³/mol. The molecule has 0 unspecified atom stereocenters. The highest BCUT2D eigenvalue weighted by molar-refractivity contribution is 5.67. The third kappa shape index (κ3) is 3.15. The topological polar surface area (TPSA) is 29.3 Å². The van der Waals surface area contributed by atoms with Gasteiger partial charge in [0.2, 0.25) is 0 Å². The van der Waals surface area contributed by atoms with E-state index in [0.29, 0.717) is 0 Å². The smallest absolute Gasteiger partial charge is 0.0599 e. The van der Waals surface area contributed by atoms with E-state index < -0.39 is 0 Å². The Hall–Kier alpha value is -1.18. The Morgan fingerprint density at radius 1 is 1.18 bits per heavy atom. The zero-order valence-electron chi connectivity index (χ0n) is 10.9. The Labute approximate surface area is 105 Å². The van der Waals surface area contributed by atoms with Gasteiger partial charge in [0.05, 0.1) is 11.4 Å². The molecule has 94 valence electrons. The number of rotatable bonds is 4. The highest BCUT2D eigenvalue weighted by Crippen LogP contribution is 2.28. The van der Waals surface area contributed by atoms with Crippen molar-refractivity contribution in [3.05, 3.63) is 24.3 Å². The molecule has 0 aliphatic heterocycles. The number of nitrogens with zero attached hydrogens (tertiary/aromatic N) is 1. The van der Waals surface area contributed by atoms with Crippen molar-refractivity contribution < 1.29 is 0 Å². The van der Waals surface area contributed by atoms with E-state index in [2.05, 4.69) is 24.0 Å². The van der Waals surface area contributed by atoms with Gasteiger partial charge in [0, 0.05) is 13.1 Å². The molecule has 0 radical (unpaired) electrons. The standard InChI is InChI=1S/C15H24N2/c1-2-17(12-13-8-4-3-5-9-13)15-11-7-6-10-14(15)16/h6-7,10-11,13H,2-5,8-9,12,16H2,1H3. The van der Waals surface area contributed by atoms with Crippen LogP contribution in [-0.4, -0.2) is 13.1 Å². The number of hydrogen-bond donors (Lipinski definition) is 1. The molecular weight excluding hydrogens is 208 g/mol. The van der Waals surface area contributed by atoms with Crippen LogP contribution in [0.4, 0.5) is 11.4 Å². The molecule has 1 aliphatic carbocycles. The van der Waals surface area contributed by atoms with Crippen LogP contribution in [0.1, 0.15) is 39.0 Å². The largest absolute Gasteiger partial charge is 0.397 e. The van der Waals surface area contributed by atoms with Gasteiger partial charge in [-0.15, -0.1) is 0 Å². The molecule has 0 saturated heterocycles. The highest BCUT2D eigenvalue weighted by atomic mass is 15.1. The number of nitrogens with two attached hydrogens (primary N) is 1. The normalized spacial score (nSPS) is 17.0. The van der Waals surface area contributed by atoms with Crippen LogP contribution >= 0.6 is 0 Å². The lowest BCUT2D eigenvalue weighted by Crippen LogP contribution is -2.30. The van der Waals surface area contributed by atoms with E-state index >= 15 is 0 Å². The van der Waals surface area contributed by atoms with Gasteiger partial charge >= 0.3 is 0 Å². The molecule has 2 heteroatoms. The fourth-order valence-corrected chi connectivity index (χ4v) is 2.85. The molecule has 0 amide bonds. The zero-order chi connectivity index (χ0) is 12.1. The molecule has 0 spiro atoms. The molecule has 17 heavy (non-hydrogen) atoms. The molecule has 1 aliphatic rings. The van der Waals surface area contributed by atoms with Gasteiger partial charge in [-0.05, 0) is 37.8 Å². The molecule has 0 heterocycles. The molecule has 1 aromatic rings. The predicted octanol–water partition coefficient (Wildman–Crippen LogP) is 3.68. The fraction of sp³-hybridized carbons (Fsp3) is 0.600. The van der Waals surface area contributed by atoms with Gasteiger partial charge in [0.1, 0.15) is 0 Å². The lowest BCUT2D eigenvalue weighted by Gasteiger charge is -2.31. The van der Waals surface area contributed by atoms with E-state index in [1.165, 1.54) is 44.3 Å². The first-order valence-corrected chi connectivity index (χ1v) is 6.90. The molecule has 2 rings (SSSR count). The number of anilines is 2. The summed E-state index contributed by atoms with van der Waals surface area (Å²) >= 11 is 0. The summed E-state index contributed by atoms with van der Waals surface area (Å²) in [7, 11) is 0. The quantitative estimate of drug-likeness (QED) is 0.802. The average Bonchev–Trinajstić information content (AvgIpc) is 2.38. The lowest BCUT2D eigenvalue weighted by atomic mass is 9.89. The zero-order valence-corrected chi connectivity index (χ0v) is 10.9. The third-order valence-corrected chi connectivity index (χ3v) is 3.86. The fourth-order valence-electron chi connectivity index (χ4n) is 2.85. The number of benzene rings is 1. The molecule has 1 aromatic carbocycles. The van der Waals surface area contributed by atoms with Gasteiger partial charge in [0.25, 0.3) is 0 Å². The molecule has 0 bridgehead atoms. The number of nitrogen functional groups attached to an aromatic ring is 1. The maximum Gasteiger partial charge on any atom is 0.0599 e. The van der Waals surface area contributed by atoms with Crippen molar-refractivity contribution in [1.29, 1.82) is 0 Å². The minimum atomic E-state index is 0.864. The van der Waals surface area contributed by atoms with E-state index in [1.807, 2.05) is 12.1 Å². The van der Waals surface area contributed by atoms with Crippen LogP contribution < -0.4 is 10.6 Å². The Morgan fingerprint density at radius 3 is 2.53 bits per heavy atom. The minimum absolute atomic E-state index is 0.864. The Morgan fingerprint density at radius 2 is 1.88 bits per heavy atom. The third-order valence-electron chi connectivity index (χ3n) is 3.86. The second-order valence-corrected chi connectivity index (χ2v) is 5.10. The molecule has 0 aromatic heterocycles. The van der Waals surface area contributed by atoms with Crippen molar-refractivity contribution in [2.45, 2.75) is 39.0 Å². The molecule has 1 saturated carbocycles. The summed E-state index contributed by atoms with van der Waals surface area (Å²) in [5.74, 6) is 0.864. The van der Waals surface area contributed by atoms with Gasteiger partial charge in [-0.1, -0.05) is 31.4 Å². The van der Waals surface area contributed by atoms with Crippen molar-refractivity contribution in [1.82, 2.24) is 0 Å². The van der Waals surface area contributed by atoms with Gasteiger partial charge in [-0.2, -0.15) is 0 Å². The van der Waals surface area contributed by atoms with Crippen molar-refractivity contribution in [3.8, 4) is 0 Å². The Bertz CT molecular complexity index is 343. The number of hydrogen-bond acceptors (Lipinski definition) is 2. The van der Waals surface area contributed by atoms with Crippen molar-refractivity contribution in [2.75, 3.05) is 23.7 Å². The summed E-state index contributed by atoms with van der Waals surface area (Å²) in [5.41, 5.74) is 8.18. The second kappa shape index (κ2) is 5.95. The first-order chi connectivity index (χ1) is 8.31. The van der Waals surface area contributed by atoms with Crippen LogP contribution in [0.3, 0.4) is 0 Å². The van der Waals surface area contributed by atoms with Gasteiger partial charge < -0.3 is 10.6 Å². The van der Waals surface area contributed by atoms with Crippen molar-refractivity contribution in [3.63, 3.8) is 0 Å². The average molecular weight is 232 g/mol. The molecule has 0 atom stereocenters. The van der Waals surface area contributed by atoms with Crippen LogP contribution in [0.15, 0.2) is 24.3 Å². The van der Waals surface area contributed by atoms with E-state index in [9.17, 15) is 0 Å². The summed E-state index contributed by atoms with van der Waals surface area (Å²) in [6.45, 7) is 4.44. The maximum atomic E-state index is 6.06. The van der Waals surface area contributed by atoms with E-state index in [4.69, 9.17) is 5.73 Å². The number of para-hydroxylation sites is 2. The summed E-state index contributed by atoms with van der Waals surface area (Å²) in [4.78, 5) is 2.44. The summed E-state index contributed by atoms with van der Waals surface area (Å²) < 4.78 is 0. The lowest BCUT2D eigenvalue weighted by molar-refractivity contribution is 0.359. The Balaban J connectivity index is 2.03. The van der Waals surface area contributed by atoms with Crippen LogP contribution in [-0.2, 0) is 0 Å².